The molecular formula is C23H22BFN4O4. The molecule has 2 aromatic heterocycles. The Kier molecular flexibility index (Phi) is 5.76. The van der Waals surface area contributed by atoms with Gasteiger partial charge in [-0.2, -0.15) is 10.2 Å². The second-order valence-corrected chi connectivity index (χ2v) is 7.90. The maximum Gasteiger partial charge on any atom is 0.362 e. The number of aromatic nitrogens is 4. The molecule has 0 aliphatic carbocycles. The Bertz CT molecular complexity index is 1390. The van der Waals surface area contributed by atoms with E-state index < -0.39 is 17.2 Å². The summed E-state index contributed by atoms with van der Waals surface area (Å²) in [6, 6.07) is 11.8. The SMILES string of the molecule is BC(C)(F)Oc1ccc(-n2nc(C(=O)OCC)c(=O)c3c(-n4cc(C)cn4)cccc32)cc1. The van der Waals surface area contributed by atoms with Crippen LogP contribution in [-0.4, -0.2) is 45.7 Å². The molecule has 0 amide bonds. The molecule has 0 spiro atoms. The number of nitrogens with zero attached hydrogens (tertiary/aromatic N) is 4. The molecule has 2 heterocycles. The highest BCUT2D eigenvalue weighted by Crippen LogP contribution is 2.24. The third-order valence-electron chi connectivity index (χ3n) is 4.76. The van der Waals surface area contributed by atoms with E-state index in [4.69, 9.17) is 9.47 Å². The average molecular weight is 448 g/mol. The summed E-state index contributed by atoms with van der Waals surface area (Å²) >= 11 is 0. The molecule has 0 saturated heterocycles. The van der Waals surface area contributed by atoms with Gasteiger partial charge in [-0.15, -0.1) is 0 Å². The molecule has 1 unspecified atom stereocenters. The smallest absolute Gasteiger partial charge is 0.362 e. The van der Waals surface area contributed by atoms with E-state index >= 15 is 0 Å². The lowest BCUT2D eigenvalue weighted by molar-refractivity contribution is 0.0390. The lowest BCUT2D eigenvalue weighted by Crippen LogP contribution is -2.26. The molecular weight excluding hydrogens is 426 g/mol. The second-order valence-electron chi connectivity index (χ2n) is 7.90. The Morgan fingerprint density at radius 1 is 1.21 bits per heavy atom. The summed E-state index contributed by atoms with van der Waals surface area (Å²) in [5.74, 6) is -2.32. The number of aryl methyl sites for hydroxylation is 1. The maximum absolute atomic E-state index is 13.8. The largest absolute Gasteiger partial charge is 0.467 e. The van der Waals surface area contributed by atoms with Crippen LogP contribution in [0.15, 0.2) is 59.7 Å². The molecule has 0 bridgehead atoms. The number of hydrogen-bond acceptors (Lipinski definition) is 6. The van der Waals surface area contributed by atoms with E-state index in [0.29, 0.717) is 22.6 Å². The molecule has 0 saturated carbocycles. The summed E-state index contributed by atoms with van der Waals surface area (Å²) in [6.07, 6.45) is 3.46. The number of carbonyl (C=O) groups excluding carboxylic acids is 1. The fourth-order valence-corrected chi connectivity index (χ4v) is 3.46. The van der Waals surface area contributed by atoms with Gasteiger partial charge in [0.25, 0.3) is 0 Å². The van der Waals surface area contributed by atoms with E-state index in [-0.39, 0.29) is 17.7 Å². The topological polar surface area (TPSA) is 88.2 Å². The number of halogens is 1. The van der Waals surface area contributed by atoms with Crippen molar-refractivity contribution in [1.29, 1.82) is 0 Å². The number of rotatable bonds is 6. The fourth-order valence-electron chi connectivity index (χ4n) is 3.46. The van der Waals surface area contributed by atoms with Crippen molar-refractivity contribution in [1.82, 2.24) is 19.6 Å². The monoisotopic (exact) mass is 448 g/mol. The van der Waals surface area contributed by atoms with Crippen molar-refractivity contribution in [3.8, 4) is 17.1 Å². The van der Waals surface area contributed by atoms with Crippen molar-refractivity contribution in [2.45, 2.75) is 26.5 Å². The summed E-state index contributed by atoms with van der Waals surface area (Å²) in [4.78, 5) is 25.9. The van der Waals surface area contributed by atoms with Crippen LogP contribution in [0.4, 0.5) is 4.39 Å². The van der Waals surface area contributed by atoms with Crippen LogP contribution in [0.1, 0.15) is 29.9 Å². The van der Waals surface area contributed by atoms with Crippen LogP contribution < -0.4 is 10.2 Å². The number of hydrogen-bond donors (Lipinski definition) is 0. The highest BCUT2D eigenvalue weighted by molar-refractivity contribution is 6.13. The van der Waals surface area contributed by atoms with Gasteiger partial charge >= 0.3 is 5.97 Å². The van der Waals surface area contributed by atoms with Crippen molar-refractivity contribution in [3.05, 3.63) is 76.3 Å². The minimum absolute atomic E-state index is 0.100. The number of carbonyl (C=O) groups is 1. The van der Waals surface area contributed by atoms with Crippen LogP contribution in [0.5, 0.6) is 5.75 Å². The Hall–Kier alpha value is -3.95. The zero-order chi connectivity index (χ0) is 23.8. The maximum atomic E-state index is 13.8. The molecule has 8 nitrogen and oxygen atoms in total. The zero-order valence-corrected chi connectivity index (χ0v) is 18.7. The minimum Gasteiger partial charge on any atom is -0.467 e. The number of fused-ring (bicyclic) bond motifs is 1. The summed E-state index contributed by atoms with van der Waals surface area (Å²) in [7, 11) is 1.31. The summed E-state index contributed by atoms with van der Waals surface area (Å²) < 4.78 is 27.2. The summed E-state index contributed by atoms with van der Waals surface area (Å²) in [6.45, 7) is 4.95. The van der Waals surface area contributed by atoms with Crippen LogP contribution in [0.25, 0.3) is 22.3 Å². The standard InChI is InChI=1S/C23H22BFN4O4/c1-4-32-22(31)20-21(30)19-17(28-13-14(2)12-26-28)6-5-7-18(19)29(27-20)15-8-10-16(11-9-15)33-23(3,24)25/h5-13H,4,24H2,1-3H3. The Morgan fingerprint density at radius 3 is 2.55 bits per heavy atom. The first kappa shape index (κ1) is 22.3. The normalized spacial score (nSPS) is 13.0. The predicted octanol–water partition coefficient (Wildman–Crippen LogP) is 2.71. The van der Waals surface area contributed by atoms with Crippen molar-refractivity contribution in [2.24, 2.45) is 0 Å². The Labute approximate surface area is 190 Å². The number of alkyl halides is 1. The molecule has 0 aliphatic heterocycles. The third kappa shape index (κ3) is 4.50. The van der Waals surface area contributed by atoms with Crippen molar-refractivity contribution < 1.29 is 18.7 Å². The third-order valence-corrected chi connectivity index (χ3v) is 4.76. The first-order valence-electron chi connectivity index (χ1n) is 10.4. The molecule has 0 radical (unpaired) electrons. The Balaban J connectivity index is 1.97. The minimum atomic E-state index is -1.84. The van der Waals surface area contributed by atoms with Crippen LogP contribution in [0.3, 0.4) is 0 Å². The highest BCUT2D eigenvalue weighted by Gasteiger charge is 2.22. The van der Waals surface area contributed by atoms with Crippen molar-refractivity contribution >= 4 is 24.7 Å². The Morgan fingerprint density at radius 2 is 1.94 bits per heavy atom. The van der Waals surface area contributed by atoms with Crippen LogP contribution >= 0.6 is 0 Å². The van der Waals surface area contributed by atoms with Gasteiger partial charge in [0.15, 0.2) is 0 Å². The molecule has 33 heavy (non-hydrogen) atoms. The van der Waals surface area contributed by atoms with Gasteiger partial charge in [0.1, 0.15) is 5.75 Å². The predicted molar refractivity (Wildman–Crippen MR) is 124 cm³/mol. The number of benzene rings is 2. The second kappa shape index (κ2) is 8.53. The van der Waals surface area contributed by atoms with Gasteiger partial charge in [-0.05, 0) is 62.7 Å². The van der Waals surface area contributed by atoms with E-state index in [1.54, 1.807) is 66.5 Å². The van der Waals surface area contributed by atoms with Crippen LogP contribution in [0.2, 0.25) is 0 Å². The molecule has 4 rings (SSSR count). The van der Waals surface area contributed by atoms with Crippen LogP contribution in [-0.2, 0) is 4.74 Å². The molecule has 0 fully saturated rings. The van der Waals surface area contributed by atoms with E-state index in [1.165, 1.54) is 19.5 Å². The lowest BCUT2D eigenvalue weighted by Gasteiger charge is -2.18. The van der Waals surface area contributed by atoms with E-state index in [0.717, 1.165) is 5.56 Å². The summed E-state index contributed by atoms with van der Waals surface area (Å²) in [5.41, 5.74) is 1.54. The molecule has 0 aliphatic rings. The van der Waals surface area contributed by atoms with Gasteiger partial charge in [-0.25, -0.2) is 18.5 Å². The van der Waals surface area contributed by atoms with Crippen molar-refractivity contribution in [3.63, 3.8) is 0 Å². The van der Waals surface area contributed by atoms with E-state index in [2.05, 4.69) is 10.2 Å². The number of esters is 1. The first-order chi connectivity index (χ1) is 15.7. The number of ether oxygens (including phenoxy) is 2. The first-order valence-corrected chi connectivity index (χ1v) is 10.4. The van der Waals surface area contributed by atoms with Crippen molar-refractivity contribution in [2.75, 3.05) is 6.61 Å². The molecule has 1 atom stereocenters. The fraction of sp³-hybridized carbons (Fsp3) is 0.217. The molecule has 168 valence electrons. The summed E-state index contributed by atoms with van der Waals surface area (Å²) in [5, 5.41) is 8.90. The highest BCUT2D eigenvalue weighted by atomic mass is 19.2. The zero-order valence-electron chi connectivity index (χ0n) is 18.7. The molecule has 2 aromatic carbocycles. The molecule has 4 aromatic rings. The lowest BCUT2D eigenvalue weighted by atomic mass is 9.99. The van der Waals surface area contributed by atoms with Gasteiger partial charge < -0.3 is 9.47 Å². The van der Waals surface area contributed by atoms with Gasteiger partial charge in [0.05, 0.1) is 35.1 Å². The quantitative estimate of drug-likeness (QED) is 0.333. The van der Waals surface area contributed by atoms with Gasteiger partial charge in [-0.1, -0.05) is 6.07 Å². The van der Waals surface area contributed by atoms with Gasteiger partial charge in [0.2, 0.25) is 24.7 Å². The van der Waals surface area contributed by atoms with E-state index in [9.17, 15) is 14.0 Å². The molecule has 0 N–H and O–H groups in total. The molecule has 10 heteroatoms. The van der Waals surface area contributed by atoms with Gasteiger partial charge in [-0.3, -0.25) is 4.79 Å². The average Bonchev–Trinajstić information content (AvgIpc) is 3.19. The van der Waals surface area contributed by atoms with E-state index in [1.807, 2.05) is 6.92 Å². The van der Waals surface area contributed by atoms with Gasteiger partial charge in [0, 0.05) is 6.20 Å². The van der Waals surface area contributed by atoms with Crippen LogP contribution in [0, 0.1) is 6.92 Å².